The lowest BCUT2D eigenvalue weighted by Crippen LogP contribution is -2.52. The molecule has 0 bridgehead atoms. The number of carbonyl (C=O) groups excluding carboxylic acids is 2. The first-order chi connectivity index (χ1) is 15.5. The van der Waals surface area contributed by atoms with Gasteiger partial charge in [0, 0.05) is 30.8 Å². The molecule has 1 amide bonds. The highest BCUT2D eigenvalue weighted by atomic mass is 16.2. The van der Waals surface area contributed by atoms with E-state index in [1.54, 1.807) is 18.0 Å². The summed E-state index contributed by atoms with van der Waals surface area (Å²) in [6.45, 7) is 0.632. The summed E-state index contributed by atoms with van der Waals surface area (Å²) in [4.78, 5) is 31.6. The van der Waals surface area contributed by atoms with E-state index in [0.29, 0.717) is 6.54 Å². The zero-order chi connectivity index (χ0) is 22.3. The summed E-state index contributed by atoms with van der Waals surface area (Å²) in [7, 11) is 3.78. The van der Waals surface area contributed by atoms with E-state index in [2.05, 4.69) is 17.0 Å². The third-order valence-corrected chi connectivity index (χ3v) is 7.01. The van der Waals surface area contributed by atoms with Gasteiger partial charge in [-0.1, -0.05) is 84.9 Å². The lowest BCUT2D eigenvalue weighted by Gasteiger charge is -2.35. The van der Waals surface area contributed by atoms with Gasteiger partial charge in [-0.15, -0.1) is 0 Å². The average Bonchev–Trinajstić information content (AvgIpc) is 3.27. The van der Waals surface area contributed by atoms with Crippen molar-refractivity contribution in [2.24, 2.45) is 5.92 Å². The van der Waals surface area contributed by atoms with Crippen LogP contribution in [0.4, 0.5) is 5.69 Å². The number of allylic oxidation sites excluding steroid dienone is 1. The topological polar surface area (TPSA) is 40.6 Å². The summed E-state index contributed by atoms with van der Waals surface area (Å²) in [5, 5.41) is 0. The van der Waals surface area contributed by atoms with E-state index in [1.807, 2.05) is 85.9 Å². The number of likely N-dealkylation sites (N-methyl/N-ethyl adjacent to an activating group) is 2. The normalized spacial score (nSPS) is 25.1. The molecule has 5 rings (SSSR count). The average molecular weight is 423 g/mol. The maximum absolute atomic E-state index is 13.9. The summed E-state index contributed by atoms with van der Waals surface area (Å²) in [5.41, 5.74) is 2.84. The highest BCUT2D eigenvalue weighted by molar-refractivity contribution is 6.12. The summed E-state index contributed by atoms with van der Waals surface area (Å²) in [6.07, 6.45) is 3.51. The first kappa shape index (κ1) is 20.4. The number of anilines is 1. The van der Waals surface area contributed by atoms with Gasteiger partial charge >= 0.3 is 0 Å². The van der Waals surface area contributed by atoms with Gasteiger partial charge in [-0.25, -0.2) is 0 Å². The third kappa shape index (κ3) is 2.94. The van der Waals surface area contributed by atoms with Crippen LogP contribution in [0.2, 0.25) is 0 Å². The zero-order valence-electron chi connectivity index (χ0n) is 18.3. The molecule has 3 aromatic rings. The van der Waals surface area contributed by atoms with Crippen molar-refractivity contribution in [3.05, 3.63) is 108 Å². The van der Waals surface area contributed by atoms with Crippen molar-refractivity contribution in [2.45, 2.75) is 11.5 Å². The predicted octanol–water partition coefficient (Wildman–Crippen LogP) is 4.49. The number of para-hydroxylation sites is 1. The van der Waals surface area contributed by atoms with E-state index in [9.17, 15) is 9.59 Å². The van der Waals surface area contributed by atoms with Gasteiger partial charge in [-0.05, 0) is 30.3 Å². The zero-order valence-corrected chi connectivity index (χ0v) is 18.3. The van der Waals surface area contributed by atoms with Crippen LogP contribution in [0.25, 0.3) is 6.08 Å². The minimum atomic E-state index is -1.01. The van der Waals surface area contributed by atoms with Crippen LogP contribution in [-0.4, -0.2) is 37.2 Å². The molecule has 1 saturated heterocycles. The number of benzene rings is 3. The van der Waals surface area contributed by atoms with Crippen LogP contribution in [0.1, 0.15) is 22.6 Å². The summed E-state index contributed by atoms with van der Waals surface area (Å²) < 4.78 is 0. The quantitative estimate of drug-likeness (QED) is 0.582. The van der Waals surface area contributed by atoms with Gasteiger partial charge in [0.2, 0.25) is 0 Å². The van der Waals surface area contributed by atoms with Crippen LogP contribution in [0, 0.1) is 5.92 Å². The Morgan fingerprint density at radius 1 is 0.906 bits per heavy atom. The highest BCUT2D eigenvalue weighted by Crippen LogP contribution is 2.56. The molecule has 1 spiro atoms. The standard InChI is InChI=1S/C28H26N2O2/c1-29-19-22(21-13-7-4-8-14-21)26(25(31)18-17-20-11-5-3-6-12-20)28(29)23-15-9-10-16-24(23)30(2)27(28)32/h3-18,22,26H,19H2,1-2H3. The molecule has 0 aromatic heterocycles. The number of nitrogens with zero attached hydrogens (tertiary/aromatic N) is 2. The molecule has 0 radical (unpaired) electrons. The Kier molecular flexibility index (Phi) is 5.03. The Morgan fingerprint density at radius 3 is 2.25 bits per heavy atom. The van der Waals surface area contributed by atoms with Crippen LogP contribution < -0.4 is 4.90 Å². The van der Waals surface area contributed by atoms with Gasteiger partial charge in [0.1, 0.15) is 5.54 Å². The first-order valence-corrected chi connectivity index (χ1v) is 11.0. The summed E-state index contributed by atoms with van der Waals surface area (Å²) in [6, 6.07) is 27.8. The SMILES string of the molecule is CN1C(=O)C2(c3ccccc31)C(C(=O)C=Cc1ccccc1)C(c1ccccc1)CN2C. The predicted molar refractivity (Wildman–Crippen MR) is 127 cm³/mol. The lowest BCUT2D eigenvalue weighted by molar-refractivity contribution is -0.135. The minimum Gasteiger partial charge on any atom is -0.313 e. The van der Waals surface area contributed by atoms with Crippen LogP contribution in [0.3, 0.4) is 0 Å². The molecule has 3 aromatic carbocycles. The summed E-state index contributed by atoms with van der Waals surface area (Å²) in [5.74, 6) is -0.664. The Bertz CT molecular complexity index is 1190. The molecule has 2 aliphatic heterocycles. The Labute approximate surface area is 188 Å². The monoisotopic (exact) mass is 422 g/mol. The van der Waals surface area contributed by atoms with Crippen LogP contribution in [-0.2, 0) is 15.1 Å². The number of amides is 1. The third-order valence-electron chi connectivity index (χ3n) is 7.01. The molecule has 0 aliphatic carbocycles. The Balaban J connectivity index is 1.66. The van der Waals surface area contributed by atoms with Crippen LogP contribution in [0.15, 0.2) is 91.0 Å². The van der Waals surface area contributed by atoms with Gasteiger partial charge in [0.15, 0.2) is 5.78 Å². The number of ketones is 1. The molecular formula is C28H26N2O2. The van der Waals surface area contributed by atoms with Crippen LogP contribution in [0.5, 0.6) is 0 Å². The molecule has 2 heterocycles. The number of carbonyl (C=O) groups is 2. The van der Waals surface area contributed by atoms with Crippen molar-refractivity contribution in [2.75, 3.05) is 25.5 Å². The van der Waals surface area contributed by atoms with E-state index in [0.717, 1.165) is 22.4 Å². The lowest BCUT2D eigenvalue weighted by atomic mass is 9.71. The number of hydrogen-bond acceptors (Lipinski definition) is 3. The molecule has 32 heavy (non-hydrogen) atoms. The van der Waals surface area contributed by atoms with E-state index in [1.165, 1.54) is 0 Å². The molecule has 0 saturated carbocycles. The molecule has 3 atom stereocenters. The smallest absolute Gasteiger partial charge is 0.252 e. The first-order valence-electron chi connectivity index (χ1n) is 11.0. The molecule has 160 valence electrons. The molecule has 3 unspecified atom stereocenters. The summed E-state index contributed by atoms with van der Waals surface area (Å²) >= 11 is 0. The number of likely N-dealkylation sites (tertiary alicyclic amines) is 1. The van der Waals surface area contributed by atoms with Crippen molar-refractivity contribution in [1.82, 2.24) is 4.90 Å². The number of fused-ring (bicyclic) bond motifs is 2. The molecule has 4 heteroatoms. The van der Waals surface area contributed by atoms with Crippen molar-refractivity contribution >= 4 is 23.5 Å². The van der Waals surface area contributed by atoms with Gasteiger partial charge < -0.3 is 4.90 Å². The molecule has 1 fully saturated rings. The number of hydrogen-bond donors (Lipinski definition) is 0. The maximum Gasteiger partial charge on any atom is 0.252 e. The van der Waals surface area contributed by atoms with Crippen molar-refractivity contribution < 1.29 is 9.59 Å². The van der Waals surface area contributed by atoms with Crippen molar-refractivity contribution in [3.63, 3.8) is 0 Å². The Hall–Kier alpha value is -3.50. The minimum absolute atomic E-state index is 0.0227. The van der Waals surface area contributed by atoms with Gasteiger partial charge in [-0.2, -0.15) is 0 Å². The Morgan fingerprint density at radius 2 is 1.53 bits per heavy atom. The molecular weight excluding hydrogens is 396 g/mol. The second-order valence-electron chi connectivity index (χ2n) is 8.67. The van der Waals surface area contributed by atoms with E-state index in [4.69, 9.17) is 0 Å². The second kappa shape index (κ2) is 7.88. The van der Waals surface area contributed by atoms with E-state index in [-0.39, 0.29) is 17.6 Å². The molecule has 2 aliphatic rings. The maximum atomic E-state index is 13.9. The fraction of sp³-hybridized carbons (Fsp3) is 0.214. The number of rotatable bonds is 4. The molecule has 4 nitrogen and oxygen atoms in total. The largest absolute Gasteiger partial charge is 0.313 e. The van der Waals surface area contributed by atoms with Crippen molar-refractivity contribution in [3.8, 4) is 0 Å². The molecule has 0 N–H and O–H groups in total. The van der Waals surface area contributed by atoms with E-state index < -0.39 is 11.5 Å². The highest BCUT2D eigenvalue weighted by Gasteiger charge is 2.65. The van der Waals surface area contributed by atoms with Gasteiger partial charge in [0.25, 0.3) is 5.91 Å². The van der Waals surface area contributed by atoms with Gasteiger partial charge in [0.05, 0.1) is 5.92 Å². The van der Waals surface area contributed by atoms with Crippen molar-refractivity contribution in [1.29, 1.82) is 0 Å². The second-order valence-corrected chi connectivity index (χ2v) is 8.67. The van der Waals surface area contributed by atoms with Crippen LogP contribution >= 0.6 is 0 Å². The van der Waals surface area contributed by atoms with E-state index >= 15 is 0 Å². The van der Waals surface area contributed by atoms with Gasteiger partial charge in [-0.3, -0.25) is 14.5 Å². The fourth-order valence-electron chi connectivity index (χ4n) is 5.56. The fourth-order valence-corrected chi connectivity index (χ4v) is 5.56.